The maximum absolute atomic E-state index is 13.4. The summed E-state index contributed by atoms with van der Waals surface area (Å²) < 4.78 is 38.2. The van der Waals surface area contributed by atoms with Gasteiger partial charge in [-0.1, -0.05) is 12.1 Å². The van der Waals surface area contributed by atoms with Gasteiger partial charge in [0.2, 0.25) is 0 Å². The van der Waals surface area contributed by atoms with E-state index in [-0.39, 0.29) is 0 Å². The Hall–Kier alpha value is -1.89. The number of hydrogen-bond donors (Lipinski definition) is 1. The predicted octanol–water partition coefficient (Wildman–Crippen LogP) is 1.91. The number of nitrogens with zero attached hydrogens (tertiary/aromatic N) is 2. The van der Waals surface area contributed by atoms with E-state index in [1.807, 2.05) is 0 Å². The molecule has 0 amide bonds. The number of hydrogen-bond acceptors (Lipinski definition) is 4. The third kappa shape index (κ3) is 2.53. The van der Waals surface area contributed by atoms with Crippen molar-refractivity contribution in [3.63, 3.8) is 0 Å². The van der Waals surface area contributed by atoms with Gasteiger partial charge in [0.15, 0.2) is 9.84 Å². The molecule has 1 unspecified atom stereocenters. The Balaban J connectivity index is 2.70. The van der Waals surface area contributed by atoms with Crippen molar-refractivity contribution < 1.29 is 12.8 Å². The molecule has 1 heterocycles. The van der Waals surface area contributed by atoms with Crippen LogP contribution in [0.1, 0.15) is 17.9 Å². The number of benzene rings is 1. The second-order valence-corrected chi connectivity index (χ2v) is 7.12. The van der Waals surface area contributed by atoms with E-state index < -0.39 is 20.9 Å². The molecule has 2 N–H and O–H groups in total. The molecular weight excluding hydrogens is 281 g/mol. The first kappa shape index (κ1) is 14.5. The number of anilines is 1. The van der Waals surface area contributed by atoms with Crippen LogP contribution in [0, 0.1) is 5.82 Å². The van der Waals surface area contributed by atoms with Gasteiger partial charge >= 0.3 is 0 Å². The summed E-state index contributed by atoms with van der Waals surface area (Å²) in [6, 6.07) is 5.85. The summed E-state index contributed by atoms with van der Waals surface area (Å²) in [6.07, 6.45) is 1.14. The van der Waals surface area contributed by atoms with E-state index in [0.29, 0.717) is 22.6 Å². The highest BCUT2D eigenvalue weighted by atomic mass is 32.2. The molecule has 0 aliphatic heterocycles. The smallest absolute Gasteiger partial charge is 0.155 e. The molecule has 1 aromatic carbocycles. The van der Waals surface area contributed by atoms with E-state index in [9.17, 15) is 12.8 Å². The highest BCUT2D eigenvalue weighted by Gasteiger charge is 2.27. The summed E-state index contributed by atoms with van der Waals surface area (Å²) in [5, 5.41) is 3.36. The number of halogens is 1. The van der Waals surface area contributed by atoms with Crippen LogP contribution in [0.15, 0.2) is 24.3 Å². The maximum Gasteiger partial charge on any atom is 0.155 e. The lowest BCUT2D eigenvalue weighted by molar-refractivity contribution is 0.589. The lowest BCUT2D eigenvalue weighted by Crippen LogP contribution is -2.09. The molecule has 0 spiro atoms. The number of aromatic nitrogens is 2. The fourth-order valence-corrected chi connectivity index (χ4v) is 2.56. The van der Waals surface area contributed by atoms with Gasteiger partial charge < -0.3 is 5.73 Å². The molecule has 0 saturated heterocycles. The van der Waals surface area contributed by atoms with Gasteiger partial charge in [-0.15, -0.1) is 0 Å². The SMILES string of the molecule is CC(c1nn(C)c(N)c1-c1cccc(F)c1)S(C)(=O)=O. The first-order valence-corrected chi connectivity index (χ1v) is 7.94. The number of rotatable bonds is 3. The fourth-order valence-electron chi connectivity index (χ4n) is 1.99. The van der Waals surface area contributed by atoms with Crippen molar-refractivity contribution in [1.29, 1.82) is 0 Å². The van der Waals surface area contributed by atoms with Gasteiger partial charge in [0.05, 0.1) is 5.69 Å². The second kappa shape index (κ2) is 4.90. The molecule has 0 aliphatic carbocycles. The minimum absolute atomic E-state index is 0.307. The standard InChI is InChI=1S/C13H16FN3O2S/c1-8(20(3,18)19)12-11(13(15)17(2)16-12)9-5-4-6-10(14)7-9/h4-8H,15H2,1-3H3. The van der Waals surface area contributed by atoms with E-state index >= 15 is 0 Å². The minimum atomic E-state index is -3.33. The molecular formula is C13H16FN3O2S. The fraction of sp³-hybridized carbons (Fsp3) is 0.308. The van der Waals surface area contributed by atoms with Crippen LogP contribution in [0.3, 0.4) is 0 Å². The van der Waals surface area contributed by atoms with Crippen LogP contribution in [0.4, 0.5) is 10.2 Å². The maximum atomic E-state index is 13.4. The van der Waals surface area contributed by atoms with E-state index in [0.717, 1.165) is 6.26 Å². The summed E-state index contributed by atoms with van der Waals surface area (Å²) >= 11 is 0. The number of nitrogens with two attached hydrogens (primary N) is 1. The average Bonchev–Trinajstić information content (AvgIpc) is 2.63. The molecule has 7 heteroatoms. The molecule has 0 fully saturated rings. The Kier molecular flexibility index (Phi) is 3.56. The molecule has 5 nitrogen and oxygen atoms in total. The average molecular weight is 297 g/mol. The van der Waals surface area contributed by atoms with Crippen molar-refractivity contribution in [2.75, 3.05) is 12.0 Å². The van der Waals surface area contributed by atoms with Crippen molar-refractivity contribution in [2.24, 2.45) is 7.05 Å². The summed E-state index contributed by atoms with van der Waals surface area (Å²) in [5.74, 6) is -0.107. The van der Waals surface area contributed by atoms with Gasteiger partial charge in [-0.25, -0.2) is 12.8 Å². The molecule has 20 heavy (non-hydrogen) atoms. The van der Waals surface area contributed by atoms with Crippen molar-refractivity contribution in [3.05, 3.63) is 35.8 Å². The monoisotopic (exact) mass is 297 g/mol. The summed E-state index contributed by atoms with van der Waals surface area (Å²) in [5.41, 5.74) is 7.26. The van der Waals surface area contributed by atoms with Gasteiger partial charge in [0.25, 0.3) is 0 Å². The van der Waals surface area contributed by atoms with Gasteiger partial charge in [0.1, 0.15) is 16.9 Å². The Morgan fingerprint density at radius 2 is 2.05 bits per heavy atom. The van der Waals surface area contributed by atoms with Crippen LogP contribution < -0.4 is 5.73 Å². The van der Waals surface area contributed by atoms with Crippen LogP contribution in [0.25, 0.3) is 11.1 Å². The molecule has 0 aliphatic rings. The lowest BCUT2D eigenvalue weighted by Gasteiger charge is -2.09. The molecule has 1 aromatic heterocycles. The second-order valence-electron chi connectivity index (χ2n) is 4.75. The van der Waals surface area contributed by atoms with Crippen LogP contribution in [0.5, 0.6) is 0 Å². The molecule has 0 bridgehead atoms. The van der Waals surface area contributed by atoms with Crippen LogP contribution in [-0.4, -0.2) is 24.5 Å². The van der Waals surface area contributed by atoms with Gasteiger partial charge in [-0.05, 0) is 24.6 Å². The van der Waals surface area contributed by atoms with Gasteiger partial charge in [-0.3, -0.25) is 4.68 Å². The molecule has 2 rings (SSSR count). The number of aryl methyl sites for hydroxylation is 1. The quantitative estimate of drug-likeness (QED) is 0.938. The van der Waals surface area contributed by atoms with Crippen LogP contribution in [-0.2, 0) is 16.9 Å². The molecule has 1 atom stereocenters. The normalized spacial score (nSPS) is 13.4. The Morgan fingerprint density at radius 1 is 1.40 bits per heavy atom. The summed E-state index contributed by atoms with van der Waals surface area (Å²) in [7, 11) is -1.70. The molecule has 2 aromatic rings. The van der Waals surface area contributed by atoms with Crippen molar-refractivity contribution in [2.45, 2.75) is 12.2 Å². The molecule has 0 radical (unpaired) electrons. The van der Waals surface area contributed by atoms with E-state index in [4.69, 9.17) is 5.73 Å². The highest BCUT2D eigenvalue weighted by molar-refractivity contribution is 7.90. The zero-order valence-corrected chi connectivity index (χ0v) is 12.3. The Bertz CT molecular complexity index is 753. The third-order valence-electron chi connectivity index (χ3n) is 3.26. The predicted molar refractivity (Wildman–Crippen MR) is 76.3 cm³/mol. The van der Waals surface area contributed by atoms with E-state index in [1.54, 1.807) is 26.1 Å². The first-order valence-electron chi connectivity index (χ1n) is 5.99. The summed E-state index contributed by atoms with van der Waals surface area (Å²) in [4.78, 5) is 0. The zero-order valence-electron chi connectivity index (χ0n) is 11.5. The molecule has 108 valence electrons. The largest absolute Gasteiger partial charge is 0.383 e. The van der Waals surface area contributed by atoms with Crippen molar-refractivity contribution >= 4 is 15.7 Å². The van der Waals surface area contributed by atoms with Gasteiger partial charge in [-0.2, -0.15) is 5.10 Å². The van der Waals surface area contributed by atoms with Crippen LogP contribution in [0.2, 0.25) is 0 Å². The van der Waals surface area contributed by atoms with E-state index in [2.05, 4.69) is 5.10 Å². The van der Waals surface area contributed by atoms with Crippen molar-refractivity contribution in [1.82, 2.24) is 9.78 Å². The van der Waals surface area contributed by atoms with Gasteiger partial charge in [0, 0.05) is 18.9 Å². The highest BCUT2D eigenvalue weighted by Crippen LogP contribution is 2.35. The minimum Gasteiger partial charge on any atom is -0.383 e. The summed E-state index contributed by atoms with van der Waals surface area (Å²) in [6.45, 7) is 1.54. The third-order valence-corrected chi connectivity index (χ3v) is 4.77. The van der Waals surface area contributed by atoms with E-state index in [1.165, 1.54) is 16.8 Å². The Morgan fingerprint density at radius 3 is 2.60 bits per heavy atom. The number of sulfone groups is 1. The zero-order chi connectivity index (χ0) is 15.1. The lowest BCUT2D eigenvalue weighted by atomic mass is 10.0. The first-order chi connectivity index (χ1) is 9.21. The molecule has 0 saturated carbocycles. The topological polar surface area (TPSA) is 78.0 Å². The Labute approximate surface area is 117 Å². The van der Waals surface area contributed by atoms with Crippen molar-refractivity contribution in [3.8, 4) is 11.1 Å². The number of nitrogen functional groups attached to an aromatic ring is 1. The van der Waals surface area contributed by atoms with Crippen LogP contribution >= 0.6 is 0 Å².